The number of amides is 2. The van der Waals surface area contributed by atoms with E-state index in [0.717, 1.165) is 50.5 Å². The molecule has 2 fully saturated rings. The molecular weight excluding hydrogens is 522 g/mol. The van der Waals surface area contributed by atoms with E-state index in [1.54, 1.807) is 11.9 Å². The normalized spacial score (nSPS) is 20.0. The number of carbonyl (C=O) groups excluding carboxylic acids is 2. The van der Waals surface area contributed by atoms with Crippen molar-refractivity contribution in [2.75, 3.05) is 20.1 Å². The number of nitrogens with zero attached hydrogens (tertiary/aromatic N) is 3. The minimum atomic E-state index is -0.876. The molecule has 2 aliphatic rings. The van der Waals surface area contributed by atoms with Crippen molar-refractivity contribution in [3.8, 4) is 0 Å². The molecule has 1 aromatic rings. The fourth-order valence-electron chi connectivity index (χ4n) is 6.36. The molecule has 1 aromatic carbocycles. The maximum absolute atomic E-state index is 13.0. The topological polar surface area (TPSA) is 73.2 Å². The van der Waals surface area contributed by atoms with Crippen molar-refractivity contribution in [3.05, 3.63) is 83.0 Å². The summed E-state index contributed by atoms with van der Waals surface area (Å²) in [6, 6.07) is 10.5. The van der Waals surface area contributed by atoms with Gasteiger partial charge in [-0.2, -0.15) is 0 Å². The second-order valence-corrected chi connectivity index (χ2v) is 11.9. The summed E-state index contributed by atoms with van der Waals surface area (Å²) in [6.45, 7) is 15.2. The number of rotatable bonds is 12. The largest absolute Gasteiger partial charge is 0.501 e. The minimum absolute atomic E-state index is 0.0269. The Morgan fingerprint density at radius 3 is 2.55 bits per heavy atom. The van der Waals surface area contributed by atoms with Crippen molar-refractivity contribution in [2.45, 2.75) is 91.0 Å². The second kappa shape index (κ2) is 15.6. The van der Waals surface area contributed by atoms with E-state index < -0.39 is 11.7 Å². The van der Waals surface area contributed by atoms with Crippen LogP contribution in [0.25, 0.3) is 5.57 Å². The summed E-state index contributed by atoms with van der Waals surface area (Å²) in [6.07, 6.45) is 14.9. The van der Waals surface area contributed by atoms with E-state index in [1.165, 1.54) is 36.0 Å². The van der Waals surface area contributed by atoms with Crippen LogP contribution in [0.3, 0.4) is 0 Å². The Hall–Kier alpha value is -3.63. The molecule has 1 N–H and O–H groups in total. The van der Waals surface area contributed by atoms with Gasteiger partial charge in [0.15, 0.2) is 5.70 Å². The van der Waals surface area contributed by atoms with Gasteiger partial charge >= 0.3 is 5.91 Å². The molecule has 0 bridgehead atoms. The Morgan fingerprint density at radius 1 is 1.21 bits per heavy atom. The monoisotopic (exact) mass is 571 g/mol. The SMILES string of the molecule is C=NC(=O)/C(O)=C1/C(=O)N(C)C(C)CN1CCCC1(C(=C)CC=C=C(C)/C=C(\CCC)c2ccccc2)CCCCC1. The van der Waals surface area contributed by atoms with E-state index in [2.05, 4.69) is 74.3 Å². The Kier molecular flexibility index (Phi) is 12.2. The van der Waals surface area contributed by atoms with Crippen LogP contribution in [0.4, 0.5) is 0 Å². The molecule has 1 unspecified atom stereocenters. The number of aliphatic hydroxyl groups is 1. The zero-order valence-electron chi connectivity index (χ0n) is 26.1. The third-order valence-corrected chi connectivity index (χ3v) is 8.93. The van der Waals surface area contributed by atoms with Gasteiger partial charge in [0, 0.05) is 26.2 Å². The van der Waals surface area contributed by atoms with E-state index in [9.17, 15) is 14.7 Å². The third kappa shape index (κ3) is 8.23. The fraction of sp³-hybridized carbons (Fsp3) is 0.500. The molecule has 2 amide bonds. The first-order chi connectivity index (χ1) is 20.1. The smallest absolute Gasteiger partial charge is 0.313 e. The molecular formula is C36H49N3O3. The van der Waals surface area contributed by atoms with Crippen LogP contribution < -0.4 is 0 Å². The lowest BCUT2D eigenvalue weighted by Gasteiger charge is -2.42. The maximum atomic E-state index is 13.0. The zero-order valence-corrected chi connectivity index (χ0v) is 26.1. The van der Waals surface area contributed by atoms with Gasteiger partial charge in [0.25, 0.3) is 5.91 Å². The average molecular weight is 572 g/mol. The number of hydrogen-bond acceptors (Lipinski definition) is 4. The number of piperazine rings is 1. The summed E-state index contributed by atoms with van der Waals surface area (Å²) in [5, 5.41) is 10.5. The highest BCUT2D eigenvalue weighted by Gasteiger charge is 2.37. The summed E-state index contributed by atoms with van der Waals surface area (Å²) in [5.74, 6) is -1.86. The van der Waals surface area contributed by atoms with Crippen LogP contribution in [0.5, 0.6) is 0 Å². The molecule has 1 atom stereocenters. The van der Waals surface area contributed by atoms with Crippen LogP contribution in [-0.4, -0.2) is 59.6 Å². The first-order valence-electron chi connectivity index (χ1n) is 15.5. The number of likely N-dealkylation sites (N-methyl/N-ethyl adjacent to an activating group) is 1. The lowest BCUT2D eigenvalue weighted by Crippen LogP contribution is -2.53. The molecule has 0 aromatic heterocycles. The van der Waals surface area contributed by atoms with Gasteiger partial charge in [0.2, 0.25) is 5.76 Å². The zero-order chi connectivity index (χ0) is 30.7. The van der Waals surface area contributed by atoms with Crippen molar-refractivity contribution in [2.24, 2.45) is 10.4 Å². The summed E-state index contributed by atoms with van der Waals surface area (Å²) in [4.78, 5) is 31.9. The highest BCUT2D eigenvalue weighted by molar-refractivity contribution is 6.04. The van der Waals surface area contributed by atoms with Gasteiger partial charge in [-0.25, -0.2) is 4.99 Å². The van der Waals surface area contributed by atoms with E-state index in [-0.39, 0.29) is 23.1 Å². The van der Waals surface area contributed by atoms with Crippen molar-refractivity contribution < 1.29 is 14.7 Å². The lowest BCUT2D eigenvalue weighted by atomic mass is 9.66. The van der Waals surface area contributed by atoms with Gasteiger partial charge in [-0.1, -0.05) is 75.1 Å². The fourth-order valence-corrected chi connectivity index (χ4v) is 6.36. The van der Waals surface area contributed by atoms with Crippen LogP contribution in [0.2, 0.25) is 0 Å². The Labute approximate surface area is 252 Å². The Bertz CT molecular complexity index is 1260. The van der Waals surface area contributed by atoms with Crippen molar-refractivity contribution in [1.82, 2.24) is 9.80 Å². The number of carbonyl (C=O) groups is 2. The number of benzene rings is 1. The van der Waals surface area contributed by atoms with Crippen molar-refractivity contribution in [1.29, 1.82) is 0 Å². The second-order valence-electron chi connectivity index (χ2n) is 11.9. The number of hydrogen-bond donors (Lipinski definition) is 1. The molecule has 1 aliphatic heterocycles. The first-order valence-corrected chi connectivity index (χ1v) is 15.5. The van der Waals surface area contributed by atoms with Gasteiger partial charge in [0.1, 0.15) is 0 Å². The van der Waals surface area contributed by atoms with Crippen molar-refractivity contribution >= 4 is 24.1 Å². The van der Waals surface area contributed by atoms with E-state index in [1.807, 2.05) is 17.9 Å². The molecule has 1 aliphatic carbocycles. The van der Waals surface area contributed by atoms with Crippen LogP contribution >= 0.6 is 0 Å². The van der Waals surface area contributed by atoms with Gasteiger partial charge in [-0.15, -0.1) is 5.73 Å². The highest BCUT2D eigenvalue weighted by atomic mass is 16.3. The summed E-state index contributed by atoms with van der Waals surface area (Å²) in [7, 11) is 1.69. The van der Waals surface area contributed by atoms with Gasteiger partial charge in [-0.05, 0) is 93.4 Å². The van der Waals surface area contributed by atoms with Crippen LogP contribution in [0.1, 0.15) is 90.5 Å². The van der Waals surface area contributed by atoms with Gasteiger partial charge < -0.3 is 14.9 Å². The minimum Gasteiger partial charge on any atom is -0.501 e. The Balaban J connectivity index is 1.74. The number of aliphatic hydroxyl groups excluding tert-OH is 1. The van der Waals surface area contributed by atoms with E-state index in [0.29, 0.717) is 13.1 Å². The number of allylic oxidation sites excluding steroid dienone is 4. The predicted octanol–water partition coefficient (Wildman–Crippen LogP) is 7.81. The van der Waals surface area contributed by atoms with Gasteiger partial charge in [0.05, 0.1) is 0 Å². The summed E-state index contributed by atoms with van der Waals surface area (Å²) < 4.78 is 0. The van der Waals surface area contributed by atoms with Crippen molar-refractivity contribution in [3.63, 3.8) is 0 Å². The molecule has 0 radical (unpaired) electrons. The molecule has 6 heteroatoms. The summed E-state index contributed by atoms with van der Waals surface area (Å²) in [5.41, 5.74) is 8.54. The van der Waals surface area contributed by atoms with Crippen LogP contribution in [0.15, 0.2) is 82.4 Å². The molecule has 1 heterocycles. The predicted molar refractivity (Wildman–Crippen MR) is 173 cm³/mol. The first kappa shape index (κ1) is 32.9. The molecule has 42 heavy (non-hydrogen) atoms. The standard InChI is InChI=1S/C36H49N3O3/c1-7-16-31(30-19-10-8-11-20-30)25-27(2)17-14-18-28(3)36(21-12-9-13-22-36)23-15-24-39-26-29(4)38(6)35(42)32(39)33(40)34(41)37-5/h8,10-11,14,19-20,25,29,40H,3,5,7,9,12-13,15-16,18,21-24,26H2,1-2,4,6H3/b31-25+,33-32+. The van der Waals surface area contributed by atoms with E-state index in [4.69, 9.17) is 0 Å². The molecule has 6 nitrogen and oxygen atoms in total. The molecule has 1 saturated heterocycles. The third-order valence-electron chi connectivity index (χ3n) is 8.93. The molecule has 3 rings (SSSR count). The lowest BCUT2D eigenvalue weighted by molar-refractivity contribution is -0.133. The Morgan fingerprint density at radius 2 is 1.90 bits per heavy atom. The molecule has 0 spiro atoms. The van der Waals surface area contributed by atoms with Gasteiger partial charge in [-0.3, -0.25) is 9.59 Å². The quantitative estimate of drug-likeness (QED) is 0.0694. The molecule has 1 saturated carbocycles. The van der Waals surface area contributed by atoms with Crippen LogP contribution in [-0.2, 0) is 9.59 Å². The molecule has 226 valence electrons. The van der Waals surface area contributed by atoms with E-state index >= 15 is 0 Å². The summed E-state index contributed by atoms with van der Waals surface area (Å²) >= 11 is 0. The maximum Gasteiger partial charge on any atom is 0.313 e. The number of aliphatic imine (C=N–C) groups is 1. The average Bonchev–Trinajstić information content (AvgIpc) is 3.00. The highest BCUT2D eigenvalue weighted by Crippen LogP contribution is 2.47. The van der Waals surface area contributed by atoms with Crippen LogP contribution in [0, 0.1) is 5.41 Å².